The van der Waals surface area contributed by atoms with Crippen molar-refractivity contribution >= 4 is 17.7 Å². The maximum absolute atomic E-state index is 12.6. The van der Waals surface area contributed by atoms with Crippen molar-refractivity contribution in [1.82, 2.24) is 15.5 Å². The lowest BCUT2D eigenvalue weighted by atomic mass is 10.0. The average Bonchev–Trinajstić information content (AvgIpc) is 2.68. The zero-order valence-electron chi connectivity index (χ0n) is 15.4. The molecular weight excluding hydrogens is 389 g/mol. The van der Waals surface area contributed by atoms with Gasteiger partial charge in [-0.25, -0.2) is 9.59 Å². The van der Waals surface area contributed by atoms with Gasteiger partial charge in [0, 0.05) is 24.8 Å². The topological polar surface area (TPSA) is 93.7 Å². The maximum atomic E-state index is 12.6. The summed E-state index contributed by atoms with van der Waals surface area (Å²) in [7, 11) is 0. The number of amides is 2. The number of carboxylic acid groups (broad SMARTS) is 1. The van der Waals surface area contributed by atoms with Crippen LogP contribution < -0.4 is 16.0 Å². The molecule has 4 N–H and O–H groups in total. The molecule has 1 unspecified atom stereocenters. The number of nitrogens with one attached hydrogen (secondary N) is 3. The number of carbonyl (C=O) groups is 2. The molecule has 1 aromatic carbocycles. The number of alkyl halides is 3. The number of piperidine rings is 1. The van der Waals surface area contributed by atoms with Gasteiger partial charge in [-0.15, -0.1) is 0 Å². The predicted octanol–water partition coefficient (Wildman–Crippen LogP) is 2.75. The number of carboxylic acids is 1. The minimum Gasteiger partial charge on any atom is -0.478 e. The molecule has 0 saturated carbocycles. The van der Waals surface area contributed by atoms with Gasteiger partial charge in [0.2, 0.25) is 0 Å². The van der Waals surface area contributed by atoms with Crippen molar-refractivity contribution in [3.8, 4) is 0 Å². The molecule has 7 nitrogen and oxygen atoms in total. The van der Waals surface area contributed by atoms with Crippen LogP contribution in [0.2, 0.25) is 0 Å². The summed E-state index contributed by atoms with van der Waals surface area (Å²) in [5, 5.41) is 17.7. The normalized spacial score (nSPS) is 20.5. The molecule has 0 bridgehead atoms. The van der Waals surface area contributed by atoms with E-state index in [-0.39, 0.29) is 17.3 Å². The Kier molecular flexibility index (Phi) is 6.12. The van der Waals surface area contributed by atoms with Gasteiger partial charge in [-0.05, 0) is 55.5 Å². The molecule has 156 valence electrons. The van der Waals surface area contributed by atoms with Gasteiger partial charge in [-0.2, -0.15) is 13.2 Å². The quantitative estimate of drug-likeness (QED) is 0.613. The number of nitrogens with zero attached hydrogens (tertiary/aromatic N) is 1. The summed E-state index contributed by atoms with van der Waals surface area (Å²) in [6.07, 6.45) is 1.29. The first kappa shape index (κ1) is 20.7. The minimum atomic E-state index is -4.42. The van der Waals surface area contributed by atoms with Gasteiger partial charge in [0.1, 0.15) is 6.17 Å². The fourth-order valence-corrected chi connectivity index (χ4v) is 3.37. The number of urea groups is 1. The van der Waals surface area contributed by atoms with Crippen LogP contribution >= 0.6 is 0 Å². The molecule has 10 heteroatoms. The number of anilines is 1. The Bertz CT molecular complexity index is 813. The summed E-state index contributed by atoms with van der Waals surface area (Å²) in [6, 6.07) is 3.62. The van der Waals surface area contributed by atoms with Gasteiger partial charge in [-0.1, -0.05) is 0 Å². The van der Waals surface area contributed by atoms with Crippen molar-refractivity contribution < 1.29 is 27.9 Å². The summed E-state index contributed by atoms with van der Waals surface area (Å²) in [4.78, 5) is 25.5. The second-order valence-corrected chi connectivity index (χ2v) is 6.84. The number of likely N-dealkylation sites (tertiary alicyclic amines) is 1. The van der Waals surface area contributed by atoms with E-state index in [1.54, 1.807) is 18.4 Å². The molecule has 2 aliphatic rings. The number of halogens is 3. The first-order valence-corrected chi connectivity index (χ1v) is 9.09. The van der Waals surface area contributed by atoms with Crippen LogP contribution in [0.1, 0.15) is 18.4 Å². The van der Waals surface area contributed by atoms with Crippen LogP contribution in [0.4, 0.5) is 23.7 Å². The van der Waals surface area contributed by atoms with Crippen molar-refractivity contribution in [2.75, 3.05) is 18.4 Å². The van der Waals surface area contributed by atoms with Crippen LogP contribution in [-0.4, -0.2) is 47.3 Å². The van der Waals surface area contributed by atoms with E-state index in [1.807, 2.05) is 4.90 Å². The van der Waals surface area contributed by atoms with E-state index < -0.39 is 29.9 Å². The van der Waals surface area contributed by atoms with Crippen molar-refractivity contribution in [2.45, 2.75) is 31.2 Å². The van der Waals surface area contributed by atoms with Crippen molar-refractivity contribution in [3.05, 3.63) is 53.8 Å². The van der Waals surface area contributed by atoms with Crippen molar-refractivity contribution in [2.24, 2.45) is 0 Å². The van der Waals surface area contributed by atoms with Crippen molar-refractivity contribution in [1.29, 1.82) is 0 Å². The molecule has 2 heterocycles. The maximum Gasteiger partial charge on any atom is 0.416 e. The highest BCUT2D eigenvalue weighted by Crippen LogP contribution is 2.29. The number of dihydropyridines is 1. The van der Waals surface area contributed by atoms with E-state index in [1.165, 1.54) is 12.1 Å². The summed E-state index contributed by atoms with van der Waals surface area (Å²) in [5.74, 6) is -0.983. The molecular formula is C19H21F3N4O3. The number of aliphatic carboxylic acids is 1. The van der Waals surface area contributed by atoms with Crippen LogP contribution in [0.5, 0.6) is 0 Å². The van der Waals surface area contributed by atoms with Crippen LogP contribution in [0.25, 0.3) is 0 Å². The number of hydrogen-bond acceptors (Lipinski definition) is 4. The molecule has 0 radical (unpaired) electrons. The average molecular weight is 410 g/mol. The molecule has 1 saturated heterocycles. The van der Waals surface area contributed by atoms with Gasteiger partial charge in [0.05, 0.1) is 11.1 Å². The van der Waals surface area contributed by atoms with Gasteiger partial charge >= 0.3 is 18.2 Å². The fraction of sp³-hybridized carbons (Fsp3) is 0.368. The third-order valence-corrected chi connectivity index (χ3v) is 4.87. The Balaban J connectivity index is 1.48. The number of rotatable bonds is 4. The van der Waals surface area contributed by atoms with Gasteiger partial charge in [-0.3, -0.25) is 4.90 Å². The van der Waals surface area contributed by atoms with E-state index in [2.05, 4.69) is 16.0 Å². The van der Waals surface area contributed by atoms with Gasteiger partial charge in [0.25, 0.3) is 0 Å². The lowest BCUT2D eigenvalue weighted by molar-refractivity contribution is -0.137. The summed E-state index contributed by atoms with van der Waals surface area (Å²) >= 11 is 0. The molecule has 2 aliphatic heterocycles. The Morgan fingerprint density at radius 2 is 1.79 bits per heavy atom. The van der Waals surface area contributed by atoms with E-state index in [0.29, 0.717) is 25.9 Å². The van der Waals surface area contributed by atoms with Crippen LogP contribution in [0, 0.1) is 0 Å². The number of hydrogen-bond donors (Lipinski definition) is 4. The highest BCUT2D eigenvalue weighted by atomic mass is 19.4. The van der Waals surface area contributed by atoms with E-state index in [0.717, 1.165) is 12.1 Å². The lowest BCUT2D eigenvalue weighted by Gasteiger charge is -2.38. The highest BCUT2D eigenvalue weighted by Gasteiger charge is 2.31. The summed E-state index contributed by atoms with van der Waals surface area (Å²) in [5.41, 5.74) is -0.252. The summed E-state index contributed by atoms with van der Waals surface area (Å²) in [6.45, 7) is 1.17. The molecule has 1 atom stereocenters. The monoisotopic (exact) mass is 410 g/mol. The number of benzene rings is 1. The zero-order valence-corrected chi connectivity index (χ0v) is 15.4. The van der Waals surface area contributed by atoms with Crippen LogP contribution in [0.15, 0.2) is 48.2 Å². The van der Waals surface area contributed by atoms with E-state index in [4.69, 9.17) is 0 Å². The molecule has 2 amide bonds. The van der Waals surface area contributed by atoms with Gasteiger partial charge < -0.3 is 21.1 Å². The second-order valence-electron chi connectivity index (χ2n) is 6.84. The van der Waals surface area contributed by atoms with E-state index in [9.17, 15) is 27.9 Å². The Morgan fingerprint density at radius 1 is 1.14 bits per heavy atom. The first-order valence-electron chi connectivity index (χ1n) is 9.09. The largest absolute Gasteiger partial charge is 0.478 e. The third kappa shape index (κ3) is 5.29. The lowest BCUT2D eigenvalue weighted by Crippen LogP contribution is -2.53. The molecule has 29 heavy (non-hydrogen) atoms. The van der Waals surface area contributed by atoms with Crippen LogP contribution in [0.3, 0.4) is 0 Å². The van der Waals surface area contributed by atoms with Crippen molar-refractivity contribution in [3.63, 3.8) is 0 Å². The Morgan fingerprint density at radius 3 is 2.38 bits per heavy atom. The SMILES string of the molecule is O=C(Nc1ccc(C(F)(F)F)cc1)NC1CCN(C2NC=CC=C2C(=O)O)CC1. The zero-order chi connectivity index (χ0) is 21.0. The standard InChI is InChI=1S/C19H21F3N4O3/c20-19(21,22)12-3-5-13(6-4-12)24-18(29)25-14-7-10-26(11-8-14)16-15(17(27)28)2-1-9-23-16/h1-6,9,14,16,23H,7-8,10-11H2,(H,27,28)(H2,24,25,29). The molecule has 0 aromatic heterocycles. The smallest absolute Gasteiger partial charge is 0.416 e. The molecule has 0 spiro atoms. The minimum absolute atomic E-state index is 0.114. The highest BCUT2D eigenvalue weighted by molar-refractivity contribution is 5.89. The summed E-state index contributed by atoms with van der Waals surface area (Å²) < 4.78 is 37.7. The van der Waals surface area contributed by atoms with E-state index >= 15 is 0 Å². The molecule has 3 rings (SSSR count). The number of allylic oxidation sites excluding steroid dienone is 2. The Labute approximate surface area is 165 Å². The number of carbonyl (C=O) groups excluding carboxylic acids is 1. The second kappa shape index (κ2) is 8.56. The fourth-order valence-electron chi connectivity index (χ4n) is 3.37. The molecule has 0 aliphatic carbocycles. The predicted molar refractivity (Wildman–Crippen MR) is 100.0 cm³/mol. The van der Waals surface area contributed by atoms with Gasteiger partial charge in [0.15, 0.2) is 0 Å². The molecule has 1 aromatic rings. The Hall–Kier alpha value is -3.01. The molecule has 1 fully saturated rings. The van der Waals surface area contributed by atoms with Crippen LogP contribution in [-0.2, 0) is 11.0 Å². The third-order valence-electron chi connectivity index (χ3n) is 4.87. The first-order chi connectivity index (χ1) is 13.7.